The monoisotopic (exact) mass is 334 g/mol. The summed E-state index contributed by atoms with van der Waals surface area (Å²) in [6.45, 7) is 0. The fourth-order valence-electron chi connectivity index (χ4n) is 1.81. The number of carbonyl (C=O) groups is 1. The first kappa shape index (κ1) is 12.7. The van der Waals surface area contributed by atoms with Crippen LogP contribution in [0, 0.1) is 5.82 Å². The third-order valence-corrected chi connectivity index (χ3v) is 3.36. The predicted octanol–water partition coefficient (Wildman–Crippen LogP) is 3.11. The molecule has 2 aromatic heterocycles. The highest BCUT2D eigenvalue weighted by Gasteiger charge is 2.13. The summed E-state index contributed by atoms with van der Waals surface area (Å²) in [5, 5.41) is 2.70. The van der Waals surface area contributed by atoms with Crippen molar-refractivity contribution < 1.29 is 9.18 Å². The van der Waals surface area contributed by atoms with Crippen LogP contribution in [0.1, 0.15) is 10.4 Å². The van der Waals surface area contributed by atoms with Crippen LogP contribution in [-0.4, -0.2) is 20.9 Å². The summed E-state index contributed by atoms with van der Waals surface area (Å²) in [5.74, 6) is -0.706. The van der Waals surface area contributed by atoms with E-state index in [1.807, 2.05) is 0 Å². The van der Waals surface area contributed by atoms with Crippen molar-refractivity contribution in [3.05, 3.63) is 52.6 Å². The van der Waals surface area contributed by atoms with E-state index in [2.05, 4.69) is 36.2 Å². The predicted molar refractivity (Wildman–Crippen MR) is 75.9 cm³/mol. The second-order valence-electron chi connectivity index (χ2n) is 4.04. The molecule has 3 aromatic rings. The van der Waals surface area contributed by atoms with E-state index in [1.165, 1.54) is 30.7 Å². The minimum Gasteiger partial charge on any atom is -0.343 e. The van der Waals surface area contributed by atoms with Crippen LogP contribution in [0.25, 0.3) is 11.2 Å². The van der Waals surface area contributed by atoms with Crippen LogP contribution in [-0.2, 0) is 0 Å². The smallest absolute Gasteiger partial charge is 0.257 e. The lowest BCUT2D eigenvalue weighted by Crippen LogP contribution is -2.12. The Hall–Kier alpha value is -2.28. The van der Waals surface area contributed by atoms with Gasteiger partial charge in [-0.05, 0) is 40.2 Å². The summed E-state index contributed by atoms with van der Waals surface area (Å²) in [5.41, 5.74) is 1.95. The minimum absolute atomic E-state index is 0.289. The molecule has 0 saturated carbocycles. The van der Waals surface area contributed by atoms with E-state index in [0.717, 1.165) is 0 Å². The third kappa shape index (κ3) is 2.27. The molecule has 1 aromatic carbocycles. The summed E-state index contributed by atoms with van der Waals surface area (Å²) in [4.78, 5) is 23.1. The maximum absolute atomic E-state index is 13.1. The molecule has 0 radical (unpaired) electrons. The molecule has 0 bridgehead atoms. The van der Waals surface area contributed by atoms with Crippen molar-refractivity contribution in [3.63, 3.8) is 0 Å². The highest BCUT2D eigenvalue weighted by molar-refractivity contribution is 9.10. The highest BCUT2D eigenvalue weighted by Crippen LogP contribution is 2.21. The molecule has 0 aliphatic carbocycles. The molecule has 1 amide bonds. The molecule has 7 heteroatoms. The van der Waals surface area contributed by atoms with Crippen molar-refractivity contribution in [2.75, 3.05) is 5.32 Å². The molecular weight excluding hydrogens is 327 g/mol. The number of imidazole rings is 1. The van der Waals surface area contributed by atoms with Crippen LogP contribution in [0.15, 0.2) is 41.3 Å². The zero-order chi connectivity index (χ0) is 14.1. The van der Waals surface area contributed by atoms with Crippen molar-refractivity contribution in [2.45, 2.75) is 0 Å². The third-order valence-electron chi connectivity index (χ3n) is 2.75. The number of aromatic nitrogens is 3. The zero-order valence-electron chi connectivity index (χ0n) is 10.0. The lowest BCUT2D eigenvalue weighted by Gasteiger charge is -2.06. The number of fused-ring (bicyclic) bond motifs is 1. The Balaban J connectivity index is 1.93. The minimum atomic E-state index is -0.386. The molecule has 2 heterocycles. The average Bonchev–Trinajstić information content (AvgIpc) is 2.91. The molecule has 0 aliphatic rings. The Bertz CT molecular complexity index is 802. The van der Waals surface area contributed by atoms with E-state index < -0.39 is 0 Å². The van der Waals surface area contributed by atoms with Crippen molar-refractivity contribution in [3.8, 4) is 0 Å². The largest absolute Gasteiger partial charge is 0.343 e. The van der Waals surface area contributed by atoms with Gasteiger partial charge < -0.3 is 10.3 Å². The highest BCUT2D eigenvalue weighted by atomic mass is 79.9. The first-order valence-electron chi connectivity index (χ1n) is 5.69. The van der Waals surface area contributed by atoms with Crippen LogP contribution in [0.4, 0.5) is 10.1 Å². The van der Waals surface area contributed by atoms with E-state index in [0.29, 0.717) is 22.4 Å². The molecule has 5 nitrogen and oxygen atoms in total. The normalized spacial score (nSPS) is 10.7. The molecule has 20 heavy (non-hydrogen) atoms. The van der Waals surface area contributed by atoms with Crippen LogP contribution in [0.5, 0.6) is 0 Å². The molecule has 0 atom stereocenters. The molecule has 0 fully saturated rings. The van der Waals surface area contributed by atoms with Gasteiger partial charge in [-0.1, -0.05) is 0 Å². The number of H-pyrrole nitrogens is 1. The first-order chi connectivity index (χ1) is 9.65. The lowest BCUT2D eigenvalue weighted by atomic mass is 10.2. The van der Waals surface area contributed by atoms with Crippen LogP contribution < -0.4 is 5.32 Å². The topological polar surface area (TPSA) is 70.7 Å². The SMILES string of the molecule is O=C(Nc1ccc(F)c(Br)c1)c1ccnc2nc[nH]c12. The molecule has 0 spiro atoms. The average molecular weight is 335 g/mol. The Morgan fingerprint density at radius 2 is 2.15 bits per heavy atom. The Labute approximate surface area is 121 Å². The van der Waals surface area contributed by atoms with Gasteiger partial charge in [0.25, 0.3) is 5.91 Å². The van der Waals surface area contributed by atoms with Gasteiger partial charge >= 0.3 is 0 Å². The Morgan fingerprint density at radius 3 is 2.95 bits per heavy atom. The van der Waals surface area contributed by atoms with Crippen molar-refractivity contribution in [1.29, 1.82) is 0 Å². The number of hydrogen-bond donors (Lipinski definition) is 2. The number of pyridine rings is 1. The Morgan fingerprint density at radius 1 is 1.30 bits per heavy atom. The number of carbonyl (C=O) groups excluding carboxylic acids is 1. The van der Waals surface area contributed by atoms with E-state index >= 15 is 0 Å². The number of amides is 1. The van der Waals surface area contributed by atoms with Crippen LogP contribution in [0.2, 0.25) is 0 Å². The Kier molecular flexibility index (Phi) is 3.19. The number of aromatic amines is 1. The van der Waals surface area contributed by atoms with Crippen LogP contribution >= 0.6 is 15.9 Å². The van der Waals surface area contributed by atoms with Gasteiger partial charge in [-0.25, -0.2) is 14.4 Å². The lowest BCUT2D eigenvalue weighted by molar-refractivity contribution is 0.102. The molecule has 0 aliphatic heterocycles. The maximum atomic E-state index is 13.1. The number of anilines is 1. The van der Waals surface area contributed by atoms with Gasteiger partial charge in [0, 0.05) is 11.9 Å². The van der Waals surface area contributed by atoms with Crippen LogP contribution in [0.3, 0.4) is 0 Å². The number of halogens is 2. The van der Waals surface area contributed by atoms with Gasteiger partial charge in [0.1, 0.15) is 5.82 Å². The summed E-state index contributed by atoms with van der Waals surface area (Å²) < 4.78 is 13.4. The van der Waals surface area contributed by atoms with Gasteiger partial charge in [0.2, 0.25) is 0 Å². The van der Waals surface area contributed by atoms with E-state index in [1.54, 1.807) is 6.07 Å². The van der Waals surface area contributed by atoms with Gasteiger partial charge in [0.15, 0.2) is 5.65 Å². The molecular formula is C13H8BrFN4O. The number of nitrogens with one attached hydrogen (secondary N) is 2. The molecule has 3 rings (SSSR count). The summed E-state index contributed by atoms with van der Waals surface area (Å²) >= 11 is 3.07. The fourth-order valence-corrected chi connectivity index (χ4v) is 2.19. The quantitative estimate of drug-likeness (QED) is 0.756. The van der Waals surface area contributed by atoms with E-state index in [-0.39, 0.29) is 16.2 Å². The van der Waals surface area contributed by atoms with Gasteiger partial charge in [-0.15, -0.1) is 0 Å². The maximum Gasteiger partial charge on any atom is 0.257 e. The van der Waals surface area contributed by atoms with E-state index in [9.17, 15) is 9.18 Å². The second-order valence-corrected chi connectivity index (χ2v) is 4.90. The van der Waals surface area contributed by atoms with Crippen molar-refractivity contribution in [2.24, 2.45) is 0 Å². The molecule has 0 saturated heterocycles. The molecule has 0 unspecified atom stereocenters. The fraction of sp³-hybridized carbons (Fsp3) is 0. The number of hydrogen-bond acceptors (Lipinski definition) is 3. The van der Waals surface area contributed by atoms with Gasteiger partial charge in [0.05, 0.1) is 21.9 Å². The first-order valence-corrected chi connectivity index (χ1v) is 6.49. The second kappa shape index (κ2) is 5.01. The zero-order valence-corrected chi connectivity index (χ0v) is 11.6. The summed E-state index contributed by atoms with van der Waals surface area (Å²) in [6, 6.07) is 5.86. The van der Waals surface area contributed by atoms with Gasteiger partial charge in [-0.3, -0.25) is 4.79 Å². The van der Waals surface area contributed by atoms with Crippen molar-refractivity contribution in [1.82, 2.24) is 15.0 Å². The standard InChI is InChI=1S/C13H8BrFN4O/c14-9-5-7(1-2-10(9)15)19-13(20)8-3-4-16-12-11(8)17-6-18-12/h1-6H,(H,19,20)(H,16,17,18). The van der Waals surface area contributed by atoms with Crippen molar-refractivity contribution >= 4 is 38.7 Å². The molecule has 100 valence electrons. The summed E-state index contributed by atoms with van der Waals surface area (Å²) in [7, 11) is 0. The number of benzene rings is 1. The number of nitrogens with zero attached hydrogens (tertiary/aromatic N) is 2. The number of rotatable bonds is 2. The molecule has 2 N–H and O–H groups in total. The van der Waals surface area contributed by atoms with E-state index in [4.69, 9.17) is 0 Å². The van der Waals surface area contributed by atoms with Gasteiger partial charge in [-0.2, -0.15) is 0 Å². The summed E-state index contributed by atoms with van der Waals surface area (Å²) in [6.07, 6.45) is 2.99.